The Hall–Kier alpha value is -2.07. The van der Waals surface area contributed by atoms with Gasteiger partial charge < -0.3 is 14.6 Å². The average Bonchev–Trinajstić information content (AvgIpc) is 2.55. The lowest BCUT2D eigenvalue weighted by molar-refractivity contribution is 0.264. The SMILES string of the molecule is Cc1ccc(CNCC2CCOc3ccccc32)c(=O)n1C. The maximum Gasteiger partial charge on any atom is 0.254 e. The van der Waals surface area contributed by atoms with Crippen LogP contribution in [0.1, 0.15) is 29.2 Å². The van der Waals surface area contributed by atoms with E-state index in [0.29, 0.717) is 12.5 Å². The molecule has 0 radical (unpaired) electrons. The summed E-state index contributed by atoms with van der Waals surface area (Å²) in [5.74, 6) is 1.44. The lowest BCUT2D eigenvalue weighted by atomic mass is 9.93. The van der Waals surface area contributed by atoms with E-state index in [0.717, 1.165) is 36.6 Å². The molecule has 1 aliphatic rings. The molecular formula is C18H22N2O2. The van der Waals surface area contributed by atoms with Gasteiger partial charge in [-0.15, -0.1) is 0 Å². The van der Waals surface area contributed by atoms with Gasteiger partial charge in [0.05, 0.1) is 6.61 Å². The minimum Gasteiger partial charge on any atom is -0.493 e. The highest BCUT2D eigenvalue weighted by Gasteiger charge is 2.20. The number of hydrogen-bond acceptors (Lipinski definition) is 3. The van der Waals surface area contributed by atoms with Crippen LogP contribution in [0.25, 0.3) is 0 Å². The molecular weight excluding hydrogens is 276 g/mol. The molecule has 4 nitrogen and oxygen atoms in total. The Morgan fingerprint density at radius 1 is 1.27 bits per heavy atom. The molecule has 116 valence electrons. The van der Waals surface area contributed by atoms with Gasteiger partial charge in [-0.2, -0.15) is 0 Å². The second-order valence-electron chi connectivity index (χ2n) is 5.87. The smallest absolute Gasteiger partial charge is 0.254 e. The van der Waals surface area contributed by atoms with Crippen molar-refractivity contribution < 1.29 is 4.74 Å². The molecule has 0 saturated carbocycles. The molecule has 3 rings (SSSR count). The number of pyridine rings is 1. The van der Waals surface area contributed by atoms with Crippen molar-refractivity contribution in [3.05, 3.63) is 63.6 Å². The second kappa shape index (κ2) is 6.36. The summed E-state index contributed by atoms with van der Waals surface area (Å²) in [5, 5.41) is 3.43. The molecule has 1 atom stereocenters. The highest BCUT2D eigenvalue weighted by molar-refractivity contribution is 5.37. The van der Waals surface area contributed by atoms with E-state index < -0.39 is 0 Å². The Kier molecular flexibility index (Phi) is 4.29. The van der Waals surface area contributed by atoms with E-state index in [2.05, 4.69) is 17.4 Å². The van der Waals surface area contributed by atoms with Gasteiger partial charge in [0.15, 0.2) is 0 Å². The van der Waals surface area contributed by atoms with Crippen LogP contribution in [-0.4, -0.2) is 17.7 Å². The third kappa shape index (κ3) is 2.92. The van der Waals surface area contributed by atoms with E-state index in [1.165, 1.54) is 5.56 Å². The lowest BCUT2D eigenvalue weighted by Gasteiger charge is -2.26. The van der Waals surface area contributed by atoms with E-state index in [4.69, 9.17) is 4.74 Å². The summed E-state index contributed by atoms with van der Waals surface area (Å²) in [6.45, 7) is 4.16. The first-order valence-corrected chi connectivity index (χ1v) is 7.75. The van der Waals surface area contributed by atoms with Crippen molar-refractivity contribution in [2.45, 2.75) is 25.8 Å². The molecule has 22 heavy (non-hydrogen) atoms. The predicted molar refractivity (Wildman–Crippen MR) is 87.4 cm³/mol. The molecule has 0 bridgehead atoms. The van der Waals surface area contributed by atoms with Gasteiger partial charge >= 0.3 is 0 Å². The standard InChI is InChI=1S/C18H22N2O2/c1-13-7-8-15(18(21)20(13)2)12-19-11-14-9-10-22-17-6-4-3-5-16(14)17/h3-8,14,19H,9-12H2,1-2H3. The van der Waals surface area contributed by atoms with E-state index in [-0.39, 0.29) is 5.56 Å². The first kappa shape index (κ1) is 14.9. The van der Waals surface area contributed by atoms with Crippen LogP contribution in [-0.2, 0) is 13.6 Å². The maximum absolute atomic E-state index is 12.2. The normalized spacial score (nSPS) is 16.9. The van der Waals surface area contributed by atoms with Crippen molar-refractivity contribution >= 4 is 0 Å². The number of nitrogens with zero attached hydrogens (tertiary/aromatic N) is 1. The molecule has 1 aromatic heterocycles. The molecule has 0 spiro atoms. The van der Waals surface area contributed by atoms with Gasteiger partial charge in [0, 0.05) is 37.3 Å². The first-order chi connectivity index (χ1) is 10.7. The predicted octanol–water partition coefficient (Wildman–Crippen LogP) is 2.35. The number of fused-ring (bicyclic) bond motifs is 1. The van der Waals surface area contributed by atoms with Crippen molar-refractivity contribution in [1.82, 2.24) is 9.88 Å². The second-order valence-corrected chi connectivity index (χ2v) is 5.87. The van der Waals surface area contributed by atoms with Crippen LogP contribution in [0.4, 0.5) is 0 Å². The van der Waals surface area contributed by atoms with Crippen LogP contribution in [0.5, 0.6) is 5.75 Å². The van der Waals surface area contributed by atoms with Gasteiger partial charge in [-0.3, -0.25) is 4.79 Å². The van der Waals surface area contributed by atoms with E-state index in [9.17, 15) is 4.79 Å². The van der Waals surface area contributed by atoms with Gasteiger partial charge in [-0.05, 0) is 31.0 Å². The summed E-state index contributed by atoms with van der Waals surface area (Å²) >= 11 is 0. The Morgan fingerprint density at radius 2 is 2.09 bits per heavy atom. The van der Waals surface area contributed by atoms with Crippen LogP contribution >= 0.6 is 0 Å². The third-order valence-electron chi connectivity index (χ3n) is 4.42. The van der Waals surface area contributed by atoms with Crippen LogP contribution in [0.15, 0.2) is 41.2 Å². The number of rotatable bonds is 4. The van der Waals surface area contributed by atoms with Crippen molar-refractivity contribution in [3.8, 4) is 5.75 Å². The Bertz CT molecular complexity index is 721. The minimum absolute atomic E-state index is 0.0832. The largest absolute Gasteiger partial charge is 0.493 e. The topological polar surface area (TPSA) is 43.3 Å². The maximum atomic E-state index is 12.2. The molecule has 2 aromatic rings. The van der Waals surface area contributed by atoms with E-state index >= 15 is 0 Å². The Balaban J connectivity index is 1.65. The summed E-state index contributed by atoms with van der Waals surface area (Å²) < 4.78 is 7.38. The summed E-state index contributed by atoms with van der Waals surface area (Å²) in [7, 11) is 1.82. The molecule has 4 heteroatoms. The molecule has 1 unspecified atom stereocenters. The van der Waals surface area contributed by atoms with Crippen LogP contribution < -0.4 is 15.6 Å². The van der Waals surface area contributed by atoms with Crippen LogP contribution in [0, 0.1) is 6.92 Å². The fourth-order valence-corrected chi connectivity index (χ4v) is 2.92. The number of ether oxygens (including phenoxy) is 1. The van der Waals surface area contributed by atoms with Gasteiger partial charge in [0.2, 0.25) is 0 Å². The van der Waals surface area contributed by atoms with Crippen molar-refractivity contribution in [2.24, 2.45) is 7.05 Å². The highest BCUT2D eigenvalue weighted by Crippen LogP contribution is 2.32. The zero-order valence-corrected chi connectivity index (χ0v) is 13.1. The van der Waals surface area contributed by atoms with Crippen LogP contribution in [0.3, 0.4) is 0 Å². The fraction of sp³-hybridized carbons (Fsp3) is 0.389. The van der Waals surface area contributed by atoms with E-state index in [1.807, 2.05) is 38.2 Å². The Labute approximate surface area is 130 Å². The number of benzene rings is 1. The number of hydrogen-bond donors (Lipinski definition) is 1. The van der Waals surface area contributed by atoms with Gasteiger partial charge in [-0.25, -0.2) is 0 Å². The number of aromatic nitrogens is 1. The third-order valence-corrected chi connectivity index (χ3v) is 4.42. The average molecular weight is 298 g/mol. The van der Waals surface area contributed by atoms with Gasteiger partial charge in [-0.1, -0.05) is 24.3 Å². The zero-order chi connectivity index (χ0) is 15.5. The molecule has 0 aliphatic carbocycles. The molecule has 1 aromatic carbocycles. The van der Waals surface area contributed by atoms with Crippen molar-refractivity contribution in [3.63, 3.8) is 0 Å². The summed E-state index contributed by atoms with van der Waals surface area (Å²) in [4.78, 5) is 12.2. The molecule has 1 aliphatic heterocycles. The molecule has 0 amide bonds. The monoisotopic (exact) mass is 298 g/mol. The number of aryl methyl sites for hydroxylation is 1. The van der Waals surface area contributed by atoms with E-state index in [1.54, 1.807) is 4.57 Å². The molecule has 2 heterocycles. The Morgan fingerprint density at radius 3 is 2.95 bits per heavy atom. The quantitative estimate of drug-likeness (QED) is 0.942. The minimum atomic E-state index is 0.0832. The van der Waals surface area contributed by atoms with Crippen molar-refractivity contribution in [1.29, 1.82) is 0 Å². The number of nitrogens with one attached hydrogen (secondary N) is 1. The van der Waals surface area contributed by atoms with Crippen molar-refractivity contribution in [2.75, 3.05) is 13.2 Å². The fourth-order valence-electron chi connectivity index (χ4n) is 2.92. The highest BCUT2D eigenvalue weighted by atomic mass is 16.5. The summed E-state index contributed by atoms with van der Waals surface area (Å²) in [6.07, 6.45) is 1.01. The molecule has 0 saturated heterocycles. The molecule has 1 N–H and O–H groups in total. The van der Waals surface area contributed by atoms with Gasteiger partial charge in [0.1, 0.15) is 5.75 Å². The summed E-state index contributed by atoms with van der Waals surface area (Å²) in [5.41, 5.74) is 3.14. The zero-order valence-electron chi connectivity index (χ0n) is 13.1. The molecule has 0 fully saturated rings. The van der Waals surface area contributed by atoms with Crippen LogP contribution in [0.2, 0.25) is 0 Å². The number of para-hydroxylation sites is 1. The first-order valence-electron chi connectivity index (χ1n) is 7.75. The van der Waals surface area contributed by atoms with Gasteiger partial charge in [0.25, 0.3) is 5.56 Å². The summed E-state index contributed by atoms with van der Waals surface area (Å²) in [6, 6.07) is 12.1. The lowest BCUT2D eigenvalue weighted by Crippen LogP contribution is -2.30.